The maximum Gasteiger partial charge on any atom is 0.246 e. The third-order valence-electron chi connectivity index (χ3n) is 3.82. The Morgan fingerprint density at radius 1 is 1.14 bits per heavy atom. The molecule has 8 heteroatoms. The lowest BCUT2D eigenvalue weighted by molar-refractivity contribution is 0.341. The van der Waals surface area contributed by atoms with Gasteiger partial charge in [0.2, 0.25) is 10.0 Å². The molecular formula is C13H15ClF3NO2S. The second-order valence-corrected chi connectivity index (χ2v) is 7.33. The first-order chi connectivity index (χ1) is 9.80. The van der Waals surface area contributed by atoms with Gasteiger partial charge in [0.1, 0.15) is 17.5 Å². The van der Waals surface area contributed by atoms with Crippen molar-refractivity contribution in [2.75, 3.05) is 12.4 Å². The molecule has 21 heavy (non-hydrogen) atoms. The van der Waals surface area contributed by atoms with E-state index in [1.54, 1.807) is 0 Å². The van der Waals surface area contributed by atoms with E-state index in [2.05, 4.69) is 4.72 Å². The van der Waals surface area contributed by atoms with E-state index < -0.39 is 32.4 Å². The van der Waals surface area contributed by atoms with Crippen molar-refractivity contribution in [1.29, 1.82) is 0 Å². The summed E-state index contributed by atoms with van der Waals surface area (Å²) in [6, 6.07) is 0.676. The summed E-state index contributed by atoms with van der Waals surface area (Å²) in [4.78, 5) is -1.16. The van der Waals surface area contributed by atoms with E-state index in [1.165, 1.54) is 0 Å². The fourth-order valence-corrected chi connectivity index (χ4v) is 4.22. The normalized spacial score (nSPS) is 18.1. The molecule has 0 aliphatic heterocycles. The van der Waals surface area contributed by atoms with Crippen LogP contribution in [0.4, 0.5) is 13.2 Å². The van der Waals surface area contributed by atoms with Gasteiger partial charge < -0.3 is 0 Å². The molecule has 0 amide bonds. The lowest BCUT2D eigenvalue weighted by atomic mass is 9.89. The van der Waals surface area contributed by atoms with E-state index in [1.807, 2.05) is 0 Å². The minimum atomic E-state index is -4.40. The third-order valence-corrected chi connectivity index (χ3v) is 5.84. The van der Waals surface area contributed by atoms with Crippen LogP contribution in [0.25, 0.3) is 0 Å². The maximum absolute atomic E-state index is 13.6. The predicted molar refractivity (Wildman–Crippen MR) is 73.1 cm³/mol. The van der Waals surface area contributed by atoms with Gasteiger partial charge in [-0.2, -0.15) is 0 Å². The summed E-state index contributed by atoms with van der Waals surface area (Å²) >= 11 is 5.89. The molecule has 0 spiro atoms. The summed E-state index contributed by atoms with van der Waals surface area (Å²) in [6.45, 7) is 0.00902. The Morgan fingerprint density at radius 2 is 1.67 bits per heavy atom. The molecule has 1 fully saturated rings. The number of alkyl halides is 1. The van der Waals surface area contributed by atoms with Crippen molar-refractivity contribution in [2.24, 2.45) is 5.41 Å². The van der Waals surface area contributed by atoms with Gasteiger partial charge in [0.25, 0.3) is 0 Å². The van der Waals surface area contributed by atoms with Gasteiger partial charge in [0, 0.05) is 24.6 Å². The Morgan fingerprint density at radius 3 is 2.14 bits per heavy atom. The van der Waals surface area contributed by atoms with E-state index in [-0.39, 0.29) is 17.8 Å². The number of halogens is 4. The van der Waals surface area contributed by atoms with Crippen molar-refractivity contribution >= 4 is 21.6 Å². The standard InChI is InChI=1S/C13H15ClF3NO2S/c14-7-13(3-1-2-4-13)8-18-21(19,20)12-10(16)5-9(15)6-11(12)17/h5-6,18H,1-4,7-8H2. The van der Waals surface area contributed by atoms with Gasteiger partial charge >= 0.3 is 0 Å². The van der Waals surface area contributed by atoms with Gasteiger partial charge in [0.05, 0.1) is 0 Å². The average molecular weight is 342 g/mol. The van der Waals surface area contributed by atoms with Gasteiger partial charge in [-0.25, -0.2) is 26.3 Å². The number of hydrogen-bond acceptors (Lipinski definition) is 2. The lowest BCUT2D eigenvalue weighted by Crippen LogP contribution is -2.37. The molecule has 0 saturated heterocycles. The SMILES string of the molecule is O=S(=O)(NCC1(CCl)CCCC1)c1c(F)cc(F)cc1F. The molecular weight excluding hydrogens is 327 g/mol. The second kappa shape index (κ2) is 6.14. The van der Waals surface area contributed by atoms with E-state index in [0.717, 1.165) is 25.7 Å². The molecule has 1 aromatic carbocycles. The number of nitrogens with one attached hydrogen (secondary N) is 1. The molecule has 0 aromatic heterocycles. The van der Waals surface area contributed by atoms with Crippen LogP contribution in [0.1, 0.15) is 25.7 Å². The predicted octanol–water partition coefficient (Wildman–Crippen LogP) is 3.18. The van der Waals surface area contributed by atoms with Gasteiger partial charge in [-0.15, -0.1) is 11.6 Å². The van der Waals surface area contributed by atoms with Crippen LogP contribution in [-0.2, 0) is 10.0 Å². The van der Waals surface area contributed by atoms with E-state index in [4.69, 9.17) is 11.6 Å². The molecule has 3 nitrogen and oxygen atoms in total. The van der Waals surface area contributed by atoms with Crippen LogP contribution in [0.5, 0.6) is 0 Å². The zero-order chi connectivity index (χ0) is 15.7. The fourth-order valence-electron chi connectivity index (χ4n) is 2.59. The zero-order valence-corrected chi connectivity index (χ0v) is 12.7. The lowest BCUT2D eigenvalue weighted by Gasteiger charge is -2.26. The third kappa shape index (κ3) is 3.52. The first kappa shape index (κ1) is 16.6. The number of benzene rings is 1. The highest BCUT2D eigenvalue weighted by molar-refractivity contribution is 7.89. The Bertz CT molecular complexity index is 607. The van der Waals surface area contributed by atoms with Gasteiger partial charge in [-0.05, 0) is 18.3 Å². The summed E-state index contributed by atoms with van der Waals surface area (Å²) in [7, 11) is -4.40. The highest BCUT2D eigenvalue weighted by Gasteiger charge is 2.35. The highest BCUT2D eigenvalue weighted by Crippen LogP contribution is 2.38. The quantitative estimate of drug-likeness (QED) is 0.836. The largest absolute Gasteiger partial charge is 0.246 e. The van der Waals surface area contributed by atoms with Crippen LogP contribution in [0.3, 0.4) is 0 Å². The molecule has 0 unspecified atom stereocenters. The summed E-state index contributed by atoms with van der Waals surface area (Å²) in [5, 5.41) is 0. The van der Waals surface area contributed by atoms with Crippen LogP contribution in [0.2, 0.25) is 0 Å². The van der Waals surface area contributed by atoms with E-state index >= 15 is 0 Å². The molecule has 0 bridgehead atoms. The number of sulfonamides is 1. The molecule has 1 aromatic rings. The first-order valence-corrected chi connectivity index (χ1v) is 8.52. The van der Waals surface area contributed by atoms with Crippen LogP contribution in [0, 0.1) is 22.9 Å². The molecule has 0 heterocycles. The summed E-state index contributed by atoms with van der Waals surface area (Å²) in [5.41, 5.74) is -0.387. The number of rotatable bonds is 5. The molecule has 2 rings (SSSR count). The Balaban J connectivity index is 2.23. The molecule has 1 N–H and O–H groups in total. The monoisotopic (exact) mass is 341 g/mol. The van der Waals surface area contributed by atoms with Crippen molar-refractivity contribution in [1.82, 2.24) is 4.72 Å². The van der Waals surface area contributed by atoms with Crippen molar-refractivity contribution in [3.05, 3.63) is 29.6 Å². The Hall–Kier alpha value is -0.790. The molecule has 1 saturated carbocycles. The first-order valence-electron chi connectivity index (χ1n) is 6.50. The minimum Gasteiger partial charge on any atom is -0.210 e. The van der Waals surface area contributed by atoms with E-state index in [0.29, 0.717) is 12.1 Å². The minimum absolute atomic E-state index is 0.00902. The smallest absolute Gasteiger partial charge is 0.210 e. The second-order valence-electron chi connectivity index (χ2n) is 5.36. The van der Waals surface area contributed by atoms with Crippen molar-refractivity contribution < 1.29 is 21.6 Å². The average Bonchev–Trinajstić information content (AvgIpc) is 2.84. The molecule has 1 aliphatic carbocycles. The summed E-state index contributed by atoms with van der Waals surface area (Å²) in [6.07, 6.45) is 3.39. The van der Waals surface area contributed by atoms with E-state index in [9.17, 15) is 21.6 Å². The van der Waals surface area contributed by atoms with Crippen LogP contribution < -0.4 is 4.72 Å². The molecule has 0 atom stereocenters. The summed E-state index contributed by atoms with van der Waals surface area (Å²) in [5.74, 6) is -3.81. The van der Waals surface area contributed by atoms with Crippen molar-refractivity contribution in [2.45, 2.75) is 30.6 Å². The van der Waals surface area contributed by atoms with Crippen molar-refractivity contribution in [3.8, 4) is 0 Å². The van der Waals surface area contributed by atoms with Gasteiger partial charge in [0.15, 0.2) is 4.90 Å². The van der Waals surface area contributed by atoms with Crippen LogP contribution >= 0.6 is 11.6 Å². The van der Waals surface area contributed by atoms with Crippen molar-refractivity contribution in [3.63, 3.8) is 0 Å². The number of hydrogen-bond donors (Lipinski definition) is 1. The highest BCUT2D eigenvalue weighted by atomic mass is 35.5. The Labute approximate surface area is 126 Å². The fraction of sp³-hybridized carbons (Fsp3) is 0.538. The van der Waals surface area contributed by atoms with Crippen LogP contribution in [0.15, 0.2) is 17.0 Å². The Kier molecular flexibility index (Phi) is 4.85. The topological polar surface area (TPSA) is 46.2 Å². The summed E-state index contributed by atoms with van der Waals surface area (Å²) < 4.78 is 66.2. The molecule has 1 aliphatic rings. The zero-order valence-electron chi connectivity index (χ0n) is 11.1. The molecule has 0 radical (unpaired) electrons. The maximum atomic E-state index is 13.6. The van der Waals surface area contributed by atoms with Gasteiger partial charge in [-0.1, -0.05) is 12.8 Å². The van der Waals surface area contributed by atoms with Gasteiger partial charge in [-0.3, -0.25) is 0 Å². The molecule has 118 valence electrons. The van der Waals surface area contributed by atoms with Crippen LogP contribution in [-0.4, -0.2) is 20.8 Å².